The van der Waals surface area contributed by atoms with Crippen molar-refractivity contribution in [3.8, 4) is 0 Å². The van der Waals surface area contributed by atoms with Gasteiger partial charge in [-0.05, 0) is 29.3 Å². The van der Waals surface area contributed by atoms with Gasteiger partial charge in [-0.3, -0.25) is 0 Å². The molecule has 3 aromatic rings. The van der Waals surface area contributed by atoms with Crippen LogP contribution >= 0.6 is 11.3 Å². The van der Waals surface area contributed by atoms with Gasteiger partial charge < -0.3 is 4.52 Å². The van der Waals surface area contributed by atoms with Gasteiger partial charge in [0.1, 0.15) is 12.0 Å². The highest BCUT2D eigenvalue weighted by Crippen LogP contribution is 2.30. The molecule has 0 fully saturated rings. The summed E-state index contributed by atoms with van der Waals surface area (Å²) in [5.41, 5.74) is 1.38. The van der Waals surface area contributed by atoms with E-state index in [9.17, 15) is 8.42 Å². The first-order valence-corrected chi connectivity index (χ1v) is 8.94. The molecule has 5 nitrogen and oxygen atoms in total. The molecule has 0 amide bonds. The minimum absolute atomic E-state index is 0.185. The fourth-order valence-electron chi connectivity index (χ4n) is 2.21. The second kappa shape index (κ2) is 5.59. The van der Waals surface area contributed by atoms with Crippen molar-refractivity contribution in [1.82, 2.24) is 9.88 Å². The highest BCUT2D eigenvalue weighted by molar-refractivity contribution is 7.88. The van der Waals surface area contributed by atoms with Gasteiger partial charge in [-0.1, -0.05) is 23.4 Å². The summed E-state index contributed by atoms with van der Waals surface area (Å²) >= 11 is 1.61. The molecule has 1 atom stereocenters. The van der Waals surface area contributed by atoms with E-state index in [1.165, 1.54) is 6.26 Å². The fourth-order valence-corrected chi connectivity index (χ4v) is 4.56. The minimum Gasteiger partial charge on any atom is -0.364 e. The van der Waals surface area contributed by atoms with Crippen LogP contribution in [0.5, 0.6) is 0 Å². The van der Waals surface area contributed by atoms with Gasteiger partial charge in [-0.15, -0.1) is 11.3 Å². The second-order valence-electron chi connectivity index (χ2n) is 4.78. The Labute approximate surface area is 126 Å². The lowest BCUT2D eigenvalue weighted by molar-refractivity contribution is 0.413. The zero-order valence-electron chi connectivity index (χ0n) is 11.3. The SMILES string of the molecule is CC(NS(=O)(=O)Cc1ccon1)c1csc2ccccc12. The van der Waals surface area contributed by atoms with Crippen molar-refractivity contribution in [3.05, 3.63) is 53.2 Å². The first-order valence-electron chi connectivity index (χ1n) is 6.40. The zero-order chi connectivity index (χ0) is 14.9. The minimum atomic E-state index is -3.47. The number of benzene rings is 1. The summed E-state index contributed by atoms with van der Waals surface area (Å²) in [7, 11) is -3.47. The number of thiophene rings is 1. The van der Waals surface area contributed by atoms with Crippen molar-refractivity contribution in [3.63, 3.8) is 0 Å². The van der Waals surface area contributed by atoms with Gasteiger partial charge in [0.15, 0.2) is 0 Å². The molecule has 7 heteroatoms. The van der Waals surface area contributed by atoms with Crippen LogP contribution < -0.4 is 4.72 Å². The molecule has 0 radical (unpaired) electrons. The molecule has 3 rings (SSSR count). The summed E-state index contributed by atoms with van der Waals surface area (Å²) in [5.74, 6) is -0.185. The van der Waals surface area contributed by atoms with E-state index in [-0.39, 0.29) is 11.8 Å². The van der Waals surface area contributed by atoms with E-state index in [2.05, 4.69) is 14.4 Å². The van der Waals surface area contributed by atoms with Crippen LogP contribution in [0, 0.1) is 0 Å². The second-order valence-corrected chi connectivity index (χ2v) is 7.44. The highest BCUT2D eigenvalue weighted by atomic mass is 32.2. The molecular weight excluding hydrogens is 308 g/mol. The van der Waals surface area contributed by atoms with Crippen LogP contribution in [-0.2, 0) is 15.8 Å². The van der Waals surface area contributed by atoms with Gasteiger partial charge >= 0.3 is 0 Å². The smallest absolute Gasteiger partial charge is 0.218 e. The normalized spacial score (nSPS) is 13.6. The summed E-state index contributed by atoms with van der Waals surface area (Å²) in [4.78, 5) is 0. The maximum Gasteiger partial charge on any atom is 0.218 e. The molecule has 2 heterocycles. The topological polar surface area (TPSA) is 72.2 Å². The first-order chi connectivity index (χ1) is 10.1. The van der Waals surface area contributed by atoms with Gasteiger partial charge in [0.2, 0.25) is 10.0 Å². The van der Waals surface area contributed by atoms with Crippen molar-refractivity contribution in [2.24, 2.45) is 0 Å². The summed E-state index contributed by atoms with van der Waals surface area (Å²) in [6.07, 6.45) is 1.36. The molecule has 1 unspecified atom stereocenters. The fraction of sp³-hybridized carbons (Fsp3) is 0.214. The van der Waals surface area contributed by atoms with Crippen LogP contribution in [0.25, 0.3) is 10.1 Å². The lowest BCUT2D eigenvalue weighted by Crippen LogP contribution is -2.28. The molecule has 0 saturated carbocycles. The van der Waals surface area contributed by atoms with Gasteiger partial charge in [0, 0.05) is 16.8 Å². The van der Waals surface area contributed by atoms with E-state index in [0.717, 1.165) is 15.6 Å². The predicted molar refractivity (Wildman–Crippen MR) is 82.5 cm³/mol. The van der Waals surface area contributed by atoms with Crippen LogP contribution in [-0.4, -0.2) is 13.6 Å². The maximum absolute atomic E-state index is 12.2. The number of aromatic nitrogens is 1. The molecule has 2 aromatic heterocycles. The van der Waals surface area contributed by atoms with E-state index in [0.29, 0.717) is 5.69 Å². The molecule has 0 aliphatic rings. The van der Waals surface area contributed by atoms with Crippen molar-refractivity contribution in [1.29, 1.82) is 0 Å². The summed E-state index contributed by atoms with van der Waals surface area (Å²) in [6.45, 7) is 1.84. The maximum atomic E-state index is 12.2. The molecule has 110 valence electrons. The third-order valence-corrected chi connectivity index (χ3v) is 5.53. The Morgan fingerprint density at radius 1 is 1.33 bits per heavy atom. The number of sulfonamides is 1. The Balaban J connectivity index is 1.81. The Morgan fingerprint density at radius 2 is 2.14 bits per heavy atom. The molecular formula is C14H14N2O3S2. The summed E-state index contributed by atoms with van der Waals surface area (Å²) in [6, 6.07) is 9.21. The quantitative estimate of drug-likeness (QED) is 0.783. The number of nitrogens with zero attached hydrogens (tertiary/aromatic N) is 1. The number of nitrogens with one attached hydrogen (secondary N) is 1. The van der Waals surface area contributed by atoms with E-state index in [4.69, 9.17) is 0 Å². The number of hydrogen-bond donors (Lipinski definition) is 1. The molecule has 1 N–H and O–H groups in total. The third-order valence-electron chi connectivity index (χ3n) is 3.16. The van der Waals surface area contributed by atoms with Crippen LogP contribution in [0.2, 0.25) is 0 Å². The van der Waals surface area contributed by atoms with Crippen molar-refractivity contribution in [2.45, 2.75) is 18.7 Å². The largest absolute Gasteiger partial charge is 0.364 e. The molecule has 21 heavy (non-hydrogen) atoms. The average molecular weight is 322 g/mol. The van der Waals surface area contributed by atoms with Gasteiger partial charge in [-0.25, -0.2) is 13.1 Å². The van der Waals surface area contributed by atoms with Gasteiger partial charge in [0.25, 0.3) is 0 Å². The number of fused-ring (bicyclic) bond motifs is 1. The number of rotatable bonds is 5. The first kappa shape index (κ1) is 14.2. The molecule has 0 aliphatic heterocycles. The standard InChI is InChI=1S/C14H14N2O3S2/c1-10(13-8-20-14-5-3-2-4-12(13)14)16-21(17,18)9-11-6-7-19-15-11/h2-8,10,16H,9H2,1H3. The Morgan fingerprint density at radius 3 is 2.90 bits per heavy atom. The van der Waals surface area contributed by atoms with Gasteiger partial charge in [0.05, 0.1) is 5.69 Å². The molecule has 0 aliphatic carbocycles. The monoisotopic (exact) mass is 322 g/mol. The molecule has 0 saturated heterocycles. The van der Waals surface area contributed by atoms with Crippen LogP contribution in [0.4, 0.5) is 0 Å². The van der Waals surface area contributed by atoms with E-state index >= 15 is 0 Å². The van der Waals surface area contributed by atoms with Crippen molar-refractivity contribution in [2.75, 3.05) is 0 Å². The highest BCUT2D eigenvalue weighted by Gasteiger charge is 2.19. The van der Waals surface area contributed by atoms with Gasteiger partial charge in [-0.2, -0.15) is 0 Å². The molecule has 1 aromatic carbocycles. The Bertz CT molecular complexity index is 838. The Hall–Kier alpha value is -1.70. The average Bonchev–Trinajstić information content (AvgIpc) is 3.06. The predicted octanol–water partition coefficient (Wildman–Crippen LogP) is 3.07. The van der Waals surface area contributed by atoms with E-state index in [1.54, 1.807) is 17.4 Å². The lowest BCUT2D eigenvalue weighted by Gasteiger charge is -2.13. The molecule has 0 bridgehead atoms. The van der Waals surface area contributed by atoms with E-state index in [1.807, 2.05) is 36.6 Å². The van der Waals surface area contributed by atoms with Crippen molar-refractivity contribution < 1.29 is 12.9 Å². The van der Waals surface area contributed by atoms with Crippen LogP contribution in [0.1, 0.15) is 24.2 Å². The third kappa shape index (κ3) is 3.15. The zero-order valence-corrected chi connectivity index (χ0v) is 12.9. The van der Waals surface area contributed by atoms with Crippen LogP contribution in [0.3, 0.4) is 0 Å². The van der Waals surface area contributed by atoms with Crippen LogP contribution in [0.15, 0.2) is 46.5 Å². The Kier molecular flexibility index (Phi) is 3.79. The summed E-state index contributed by atoms with van der Waals surface area (Å²) in [5, 5.41) is 6.71. The van der Waals surface area contributed by atoms with Crippen molar-refractivity contribution >= 4 is 31.4 Å². The lowest BCUT2D eigenvalue weighted by atomic mass is 10.1. The van der Waals surface area contributed by atoms with E-state index < -0.39 is 10.0 Å². The molecule has 0 spiro atoms. The number of hydrogen-bond acceptors (Lipinski definition) is 5. The summed E-state index contributed by atoms with van der Waals surface area (Å²) < 4.78 is 32.8.